The van der Waals surface area contributed by atoms with Gasteiger partial charge in [0.2, 0.25) is 0 Å². The number of carboxylic acids is 1. The molecule has 16 heavy (non-hydrogen) atoms. The number of hydrogen-bond donors (Lipinski definition) is 2. The maximum atomic E-state index is 11.0. The molecule has 1 aliphatic rings. The zero-order valence-corrected chi connectivity index (χ0v) is 10.6. The van der Waals surface area contributed by atoms with E-state index in [-0.39, 0.29) is 6.04 Å². The highest BCUT2D eigenvalue weighted by Crippen LogP contribution is 2.11. The van der Waals surface area contributed by atoms with Gasteiger partial charge in [0.15, 0.2) is 0 Å². The molecule has 1 rings (SSSR count). The van der Waals surface area contributed by atoms with Gasteiger partial charge >= 0.3 is 5.97 Å². The zero-order valence-electron chi connectivity index (χ0n) is 10.6. The third kappa shape index (κ3) is 4.10. The highest BCUT2D eigenvalue weighted by Gasteiger charge is 2.25. The fourth-order valence-corrected chi connectivity index (χ4v) is 2.21. The lowest BCUT2D eigenvalue weighted by atomic mass is 10.1. The Morgan fingerprint density at radius 3 is 2.62 bits per heavy atom. The summed E-state index contributed by atoms with van der Waals surface area (Å²) in [5.41, 5.74) is 0. The van der Waals surface area contributed by atoms with Crippen molar-refractivity contribution in [3.05, 3.63) is 0 Å². The van der Waals surface area contributed by atoms with Crippen LogP contribution >= 0.6 is 0 Å². The first-order chi connectivity index (χ1) is 7.50. The van der Waals surface area contributed by atoms with Crippen LogP contribution in [0.25, 0.3) is 0 Å². The van der Waals surface area contributed by atoms with Crippen molar-refractivity contribution in [2.45, 2.75) is 45.7 Å². The lowest BCUT2D eigenvalue weighted by molar-refractivity contribution is -0.142. The number of nitrogens with one attached hydrogen (secondary N) is 1. The molecule has 0 aromatic rings. The van der Waals surface area contributed by atoms with Crippen molar-refractivity contribution in [2.24, 2.45) is 5.92 Å². The van der Waals surface area contributed by atoms with Gasteiger partial charge in [-0.15, -0.1) is 0 Å². The summed E-state index contributed by atoms with van der Waals surface area (Å²) in [5, 5.41) is 12.5. The molecule has 0 aliphatic carbocycles. The van der Waals surface area contributed by atoms with Gasteiger partial charge in [0.25, 0.3) is 0 Å². The molecule has 4 nitrogen and oxygen atoms in total. The molecule has 2 unspecified atom stereocenters. The van der Waals surface area contributed by atoms with E-state index in [0.29, 0.717) is 12.0 Å². The number of carboxylic acid groups (broad SMARTS) is 1. The van der Waals surface area contributed by atoms with Crippen LogP contribution in [0.4, 0.5) is 0 Å². The Hall–Kier alpha value is -0.610. The first kappa shape index (κ1) is 13.5. The Morgan fingerprint density at radius 2 is 2.19 bits per heavy atom. The average Bonchev–Trinajstić information content (AvgIpc) is 2.67. The molecule has 0 aromatic heterocycles. The van der Waals surface area contributed by atoms with Gasteiger partial charge in [-0.3, -0.25) is 9.69 Å². The van der Waals surface area contributed by atoms with E-state index in [1.54, 1.807) is 6.92 Å². The largest absolute Gasteiger partial charge is 0.480 e. The molecule has 1 saturated heterocycles. The second-order valence-electron chi connectivity index (χ2n) is 5.16. The number of nitrogens with zero attached hydrogens (tertiary/aromatic N) is 1. The summed E-state index contributed by atoms with van der Waals surface area (Å²) in [7, 11) is 0. The minimum atomic E-state index is -0.723. The molecule has 0 radical (unpaired) electrons. The van der Waals surface area contributed by atoms with E-state index in [0.717, 1.165) is 19.6 Å². The Kier molecular flexibility index (Phi) is 5.22. The minimum Gasteiger partial charge on any atom is -0.480 e. The van der Waals surface area contributed by atoms with Crippen molar-refractivity contribution in [3.63, 3.8) is 0 Å². The monoisotopic (exact) mass is 228 g/mol. The Bertz CT molecular complexity index is 225. The molecular weight excluding hydrogens is 204 g/mol. The summed E-state index contributed by atoms with van der Waals surface area (Å²) in [5.74, 6) is -0.221. The Labute approximate surface area is 98.0 Å². The van der Waals surface area contributed by atoms with Crippen LogP contribution in [0.5, 0.6) is 0 Å². The smallest absolute Gasteiger partial charge is 0.320 e. The second-order valence-corrected chi connectivity index (χ2v) is 5.16. The standard InChI is InChI=1S/C12H24N2O2/c1-9(2)7-14(10(3)12(15)16)8-11-5-4-6-13-11/h9-11,13H,4-8H2,1-3H3,(H,15,16). The van der Waals surface area contributed by atoms with Gasteiger partial charge in [0.1, 0.15) is 6.04 Å². The number of hydrogen-bond acceptors (Lipinski definition) is 3. The summed E-state index contributed by atoms with van der Waals surface area (Å²) in [6.45, 7) is 8.81. The first-order valence-electron chi connectivity index (χ1n) is 6.21. The van der Waals surface area contributed by atoms with E-state index < -0.39 is 5.97 Å². The Balaban J connectivity index is 2.51. The van der Waals surface area contributed by atoms with Crippen LogP contribution in [-0.2, 0) is 4.79 Å². The van der Waals surface area contributed by atoms with Gasteiger partial charge in [0, 0.05) is 19.1 Å². The van der Waals surface area contributed by atoms with Crippen molar-refractivity contribution in [3.8, 4) is 0 Å². The quantitative estimate of drug-likeness (QED) is 0.716. The summed E-state index contributed by atoms with van der Waals surface area (Å²) in [4.78, 5) is 13.1. The van der Waals surface area contributed by atoms with Gasteiger partial charge in [-0.05, 0) is 32.2 Å². The van der Waals surface area contributed by atoms with Crippen LogP contribution in [0, 0.1) is 5.92 Å². The topological polar surface area (TPSA) is 52.6 Å². The van der Waals surface area contributed by atoms with E-state index in [9.17, 15) is 4.79 Å². The molecule has 2 atom stereocenters. The molecule has 1 heterocycles. The van der Waals surface area contributed by atoms with Crippen molar-refractivity contribution in [1.82, 2.24) is 10.2 Å². The molecule has 0 spiro atoms. The summed E-state index contributed by atoms with van der Waals surface area (Å²) in [6, 6.07) is 0.0883. The van der Waals surface area contributed by atoms with Crippen LogP contribution in [-0.4, -0.2) is 47.7 Å². The second kappa shape index (κ2) is 6.21. The minimum absolute atomic E-state index is 0.384. The van der Waals surface area contributed by atoms with Crippen LogP contribution in [0.15, 0.2) is 0 Å². The summed E-state index contributed by atoms with van der Waals surface area (Å²) in [6.07, 6.45) is 2.38. The lowest BCUT2D eigenvalue weighted by Crippen LogP contribution is -2.47. The highest BCUT2D eigenvalue weighted by molar-refractivity contribution is 5.72. The molecule has 4 heteroatoms. The lowest BCUT2D eigenvalue weighted by Gasteiger charge is -2.30. The average molecular weight is 228 g/mol. The van der Waals surface area contributed by atoms with Crippen LogP contribution in [0.3, 0.4) is 0 Å². The molecule has 1 fully saturated rings. The van der Waals surface area contributed by atoms with Gasteiger partial charge < -0.3 is 10.4 Å². The van der Waals surface area contributed by atoms with Crippen molar-refractivity contribution < 1.29 is 9.90 Å². The molecular formula is C12H24N2O2. The van der Waals surface area contributed by atoms with E-state index in [1.165, 1.54) is 12.8 Å². The molecule has 1 aliphatic heterocycles. The summed E-state index contributed by atoms with van der Waals surface area (Å²) < 4.78 is 0. The van der Waals surface area contributed by atoms with E-state index in [2.05, 4.69) is 24.1 Å². The third-order valence-electron chi connectivity index (χ3n) is 3.12. The molecule has 0 aromatic carbocycles. The highest BCUT2D eigenvalue weighted by atomic mass is 16.4. The maximum Gasteiger partial charge on any atom is 0.320 e. The van der Waals surface area contributed by atoms with E-state index >= 15 is 0 Å². The fourth-order valence-electron chi connectivity index (χ4n) is 2.21. The number of aliphatic carboxylic acids is 1. The summed E-state index contributed by atoms with van der Waals surface area (Å²) >= 11 is 0. The molecule has 0 saturated carbocycles. The predicted molar refractivity (Wildman–Crippen MR) is 64.5 cm³/mol. The molecule has 0 amide bonds. The normalized spacial score (nSPS) is 22.9. The first-order valence-corrected chi connectivity index (χ1v) is 6.21. The van der Waals surface area contributed by atoms with Gasteiger partial charge in [-0.2, -0.15) is 0 Å². The van der Waals surface area contributed by atoms with Crippen molar-refractivity contribution in [1.29, 1.82) is 0 Å². The third-order valence-corrected chi connectivity index (χ3v) is 3.12. The number of carbonyl (C=O) groups is 1. The van der Waals surface area contributed by atoms with Crippen molar-refractivity contribution in [2.75, 3.05) is 19.6 Å². The SMILES string of the molecule is CC(C)CN(CC1CCCN1)C(C)C(=O)O. The van der Waals surface area contributed by atoms with Gasteiger partial charge in [-0.1, -0.05) is 13.8 Å². The maximum absolute atomic E-state index is 11.0. The van der Waals surface area contributed by atoms with Crippen LogP contribution in [0.2, 0.25) is 0 Å². The van der Waals surface area contributed by atoms with Gasteiger partial charge in [-0.25, -0.2) is 0 Å². The molecule has 2 N–H and O–H groups in total. The van der Waals surface area contributed by atoms with Gasteiger partial charge in [0.05, 0.1) is 0 Å². The predicted octanol–water partition coefficient (Wildman–Crippen LogP) is 1.17. The van der Waals surface area contributed by atoms with E-state index in [4.69, 9.17) is 5.11 Å². The fraction of sp³-hybridized carbons (Fsp3) is 0.917. The van der Waals surface area contributed by atoms with Crippen LogP contribution in [0.1, 0.15) is 33.6 Å². The number of rotatable bonds is 6. The zero-order chi connectivity index (χ0) is 12.1. The Morgan fingerprint density at radius 1 is 1.50 bits per heavy atom. The molecule has 94 valence electrons. The van der Waals surface area contributed by atoms with Crippen LogP contribution < -0.4 is 5.32 Å². The van der Waals surface area contributed by atoms with Crippen molar-refractivity contribution >= 4 is 5.97 Å². The molecule has 0 bridgehead atoms. The van der Waals surface area contributed by atoms with E-state index in [1.807, 2.05) is 0 Å².